The molecule has 6 nitrogen and oxygen atoms in total. The Hall–Kier alpha value is -2.25. The van der Waals surface area contributed by atoms with E-state index in [1.165, 1.54) is 12.8 Å². The zero-order valence-corrected chi connectivity index (χ0v) is 17.0. The van der Waals surface area contributed by atoms with Gasteiger partial charge < -0.3 is 10.6 Å². The van der Waals surface area contributed by atoms with E-state index in [-0.39, 0.29) is 6.04 Å². The monoisotopic (exact) mass is 402 g/mol. The molecule has 3 N–H and O–H groups in total. The van der Waals surface area contributed by atoms with Crippen LogP contribution in [0.4, 0.5) is 11.6 Å². The number of aryl methyl sites for hydroxylation is 2. The van der Waals surface area contributed by atoms with E-state index in [0.29, 0.717) is 22.0 Å². The first-order valence-electron chi connectivity index (χ1n) is 8.99. The number of thiocarbonyl (C=S) groups is 1. The molecule has 1 aliphatic rings. The summed E-state index contributed by atoms with van der Waals surface area (Å²) < 4.78 is 0. The average molecular weight is 403 g/mol. The number of benzene rings is 1. The molecule has 8 heteroatoms. The smallest absolute Gasteiger partial charge is 0.229 e. The molecule has 0 atom stereocenters. The fourth-order valence-electron chi connectivity index (χ4n) is 3.02. The number of rotatable bonds is 3. The number of aromatic nitrogens is 2. The second kappa shape index (κ2) is 9.10. The lowest BCUT2D eigenvalue weighted by Crippen LogP contribution is -2.40. The third kappa shape index (κ3) is 5.87. The van der Waals surface area contributed by atoms with E-state index in [1.54, 1.807) is 0 Å². The van der Waals surface area contributed by atoms with Gasteiger partial charge in [-0.3, -0.25) is 5.32 Å². The zero-order valence-electron chi connectivity index (χ0n) is 15.4. The highest BCUT2D eigenvalue weighted by Gasteiger charge is 2.16. The topological polar surface area (TPSA) is 74.2 Å². The van der Waals surface area contributed by atoms with Crippen molar-refractivity contribution < 1.29 is 0 Å². The summed E-state index contributed by atoms with van der Waals surface area (Å²) in [5, 5.41) is 10.4. The van der Waals surface area contributed by atoms with Crippen molar-refractivity contribution >= 4 is 46.5 Å². The summed E-state index contributed by atoms with van der Waals surface area (Å²) in [6.07, 6.45) is 4.55. The predicted molar refractivity (Wildman–Crippen MR) is 116 cm³/mol. The molecular weight excluding hydrogens is 380 g/mol. The third-order valence-corrected chi connectivity index (χ3v) is 4.74. The molecule has 1 aromatic carbocycles. The van der Waals surface area contributed by atoms with Crippen molar-refractivity contribution in [3.05, 3.63) is 46.7 Å². The van der Waals surface area contributed by atoms with Gasteiger partial charge in [-0.1, -0.05) is 36.6 Å². The number of guanidine groups is 1. The van der Waals surface area contributed by atoms with Gasteiger partial charge in [0.2, 0.25) is 11.9 Å². The molecule has 0 radical (unpaired) electrons. The van der Waals surface area contributed by atoms with E-state index in [2.05, 4.69) is 25.9 Å². The maximum absolute atomic E-state index is 6.19. The van der Waals surface area contributed by atoms with Gasteiger partial charge >= 0.3 is 0 Å². The first-order chi connectivity index (χ1) is 13.0. The maximum atomic E-state index is 6.19. The second-order valence-electron chi connectivity index (χ2n) is 6.57. The van der Waals surface area contributed by atoms with E-state index < -0.39 is 0 Å². The van der Waals surface area contributed by atoms with Gasteiger partial charge in [0.15, 0.2) is 5.11 Å². The molecule has 1 heterocycles. The van der Waals surface area contributed by atoms with E-state index >= 15 is 0 Å². The first-order valence-corrected chi connectivity index (χ1v) is 9.78. The van der Waals surface area contributed by atoms with E-state index in [0.717, 1.165) is 29.9 Å². The van der Waals surface area contributed by atoms with E-state index in [9.17, 15) is 0 Å². The second-order valence-corrected chi connectivity index (χ2v) is 7.39. The molecule has 1 aliphatic carbocycles. The number of aliphatic imine (C=N–C) groups is 1. The van der Waals surface area contributed by atoms with Gasteiger partial charge in [0, 0.05) is 11.4 Å². The van der Waals surface area contributed by atoms with Crippen molar-refractivity contribution in [1.29, 1.82) is 0 Å². The summed E-state index contributed by atoms with van der Waals surface area (Å²) in [6.45, 7) is 3.87. The van der Waals surface area contributed by atoms with E-state index in [1.807, 2.05) is 44.2 Å². The molecule has 142 valence electrons. The van der Waals surface area contributed by atoms with Crippen molar-refractivity contribution in [1.82, 2.24) is 15.3 Å². The zero-order chi connectivity index (χ0) is 19.2. The van der Waals surface area contributed by atoms with Crippen LogP contribution in [0, 0.1) is 13.8 Å². The molecule has 0 bridgehead atoms. The van der Waals surface area contributed by atoms with Crippen LogP contribution in [0.3, 0.4) is 0 Å². The Bertz CT molecular complexity index is 828. The average Bonchev–Trinajstić information content (AvgIpc) is 3.09. The predicted octanol–water partition coefficient (Wildman–Crippen LogP) is 4.44. The Morgan fingerprint density at radius 1 is 1.11 bits per heavy atom. The quantitative estimate of drug-likeness (QED) is 0.400. The van der Waals surface area contributed by atoms with Crippen LogP contribution in [-0.4, -0.2) is 27.1 Å². The minimum absolute atomic E-state index is 0.272. The summed E-state index contributed by atoms with van der Waals surface area (Å²) in [5.74, 6) is 1.04. The largest absolute Gasteiger partial charge is 0.331 e. The number of hydrogen-bond acceptors (Lipinski definition) is 4. The number of hydrogen-bond donors (Lipinski definition) is 3. The molecule has 2 aromatic rings. The Morgan fingerprint density at radius 3 is 2.44 bits per heavy atom. The van der Waals surface area contributed by atoms with Gasteiger partial charge in [-0.25, -0.2) is 15.0 Å². The van der Waals surface area contributed by atoms with Gasteiger partial charge in [-0.2, -0.15) is 0 Å². The summed E-state index contributed by atoms with van der Waals surface area (Å²) in [5.41, 5.74) is 2.52. The van der Waals surface area contributed by atoms with Gasteiger partial charge in [0.25, 0.3) is 0 Å². The third-order valence-electron chi connectivity index (χ3n) is 4.20. The molecule has 27 heavy (non-hydrogen) atoms. The minimum atomic E-state index is 0.272. The number of nitrogens with one attached hydrogen (secondary N) is 3. The SMILES string of the molecule is Cc1cc(C)nc(NC(=NC2CCCC2)NC(=S)Nc2ccccc2Cl)n1. The lowest BCUT2D eigenvalue weighted by molar-refractivity contribution is 0.703. The summed E-state index contributed by atoms with van der Waals surface area (Å²) in [6, 6.07) is 9.64. The molecule has 3 rings (SSSR count). The fraction of sp³-hybridized carbons (Fsp3) is 0.368. The molecule has 1 aromatic heterocycles. The minimum Gasteiger partial charge on any atom is -0.331 e. The fourth-order valence-corrected chi connectivity index (χ4v) is 3.41. The van der Waals surface area contributed by atoms with Crippen molar-refractivity contribution in [3.8, 4) is 0 Å². The van der Waals surface area contributed by atoms with Crippen LogP contribution in [0.5, 0.6) is 0 Å². The molecule has 1 saturated carbocycles. The highest BCUT2D eigenvalue weighted by Crippen LogP contribution is 2.22. The summed E-state index contributed by atoms with van der Waals surface area (Å²) in [4.78, 5) is 13.6. The molecule has 0 aliphatic heterocycles. The number of para-hydroxylation sites is 1. The molecule has 0 amide bonds. The van der Waals surface area contributed by atoms with Gasteiger partial charge in [0.1, 0.15) is 0 Å². The van der Waals surface area contributed by atoms with Gasteiger partial charge in [-0.05, 0) is 57.1 Å². The van der Waals surface area contributed by atoms with E-state index in [4.69, 9.17) is 28.8 Å². The van der Waals surface area contributed by atoms with Crippen LogP contribution in [0.25, 0.3) is 0 Å². The maximum Gasteiger partial charge on any atom is 0.229 e. The molecule has 0 saturated heterocycles. The van der Waals surface area contributed by atoms with Crippen LogP contribution in [0.15, 0.2) is 35.3 Å². The Labute approximate surface area is 169 Å². The van der Waals surface area contributed by atoms with Crippen LogP contribution < -0.4 is 16.0 Å². The van der Waals surface area contributed by atoms with Crippen molar-refractivity contribution in [2.24, 2.45) is 4.99 Å². The molecule has 1 fully saturated rings. The standard InChI is InChI=1S/C19H23ClN6S/c1-12-11-13(2)22-17(21-12)25-18(23-14-7-3-4-8-14)26-19(27)24-16-10-6-5-9-15(16)20/h5-6,9-11,14H,3-4,7-8H2,1-2H3,(H3,21,22,23,24,25,26,27). The summed E-state index contributed by atoms with van der Waals surface area (Å²) >= 11 is 11.6. The van der Waals surface area contributed by atoms with Gasteiger partial charge in [-0.15, -0.1) is 0 Å². The van der Waals surface area contributed by atoms with Crippen LogP contribution in [0.2, 0.25) is 5.02 Å². The normalized spacial score (nSPS) is 14.9. The lowest BCUT2D eigenvalue weighted by Gasteiger charge is -2.16. The highest BCUT2D eigenvalue weighted by atomic mass is 35.5. The number of anilines is 2. The van der Waals surface area contributed by atoms with Crippen molar-refractivity contribution in [2.75, 3.05) is 10.6 Å². The molecular formula is C19H23ClN6S. The van der Waals surface area contributed by atoms with Crippen LogP contribution in [-0.2, 0) is 0 Å². The lowest BCUT2D eigenvalue weighted by atomic mass is 10.3. The Morgan fingerprint density at radius 2 is 1.78 bits per heavy atom. The van der Waals surface area contributed by atoms with Crippen molar-refractivity contribution in [2.45, 2.75) is 45.6 Å². The number of nitrogens with zero attached hydrogens (tertiary/aromatic N) is 3. The van der Waals surface area contributed by atoms with Crippen molar-refractivity contribution in [3.63, 3.8) is 0 Å². The molecule has 0 spiro atoms. The Kier molecular flexibility index (Phi) is 6.58. The van der Waals surface area contributed by atoms with Crippen LogP contribution in [0.1, 0.15) is 37.1 Å². The Balaban J connectivity index is 1.75. The van der Waals surface area contributed by atoms with Crippen LogP contribution >= 0.6 is 23.8 Å². The number of halogens is 1. The highest BCUT2D eigenvalue weighted by molar-refractivity contribution is 7.80. The van der Waals surface area contributed by atoms with Gasteiger partial charge in [0.05, 0.1) is 16.8 Å². The first kappa shape index (κ1) is 19.5. The molecule has 0 unspecified atom stereocenters. The summed E-state index contributed by atoms with van der Waals surface area (Å²) in [7, 11) is 0.